The largest absolute Gasteiger partial charge is 0.466 e. The fourth-order valence-corrected chi connectivity index (χ4v) is 1.66. The van der Waals surface area contributed by atoms with Crippen LogP contribution in [0.4, 0.5) is 0 Å². The molecule has 0 unspecified atom stereocenters. The maximum atomic E-state index is 11.4. The van der Waals surface area contributed by atoms with Crippen LogP contribution in [-0.2, 0) is 19.0 Å². The van der Waals surface area contributed by atoms with Crippen molar-refractivity contribution in [2.75, 3.05) is 19.8 Å². The second kappa shape index (κ2) is 6.08. The molecular weight excluding hydrogens is 196 g/mol. The lowest BCUT2D eigenvalue weighted by atomic mass is 10.3. The van der Waals surface area contributed by atoms with E-state index in [2.05, 4.69) is 0 Å². The number of rotatable bonds is 7. The van der Waals surface area contributed by atoms with Crippen molar-refractivity contribution in [1.29, 1.82) is 0 Å². The molecule has 0 aromatic carbocycles. The molecule has 0 aliphatic heterocycles. The molecule has 0 aromatic heterocycles. The fourth-order valence-electron chi connectivity index (χ4n) is 1.66. The van der Waals surface area contributed by atoms with Crippen LogP contribution >= 0.6 is 0 Å². The second-order valence-corrected chi connectivity index (χ2v) is 3.54. The zero-order valence-corrected chi connectivity index (χ0v) is 9.69. The van der Waals surface area contributed by atoms with Gasteiger partial charge in [-0.15, -0.1) is 0 Å². The molecule has 4 nitrogen and oxygen atoms in total. The molecule has 0 aromatic rings. The number of carbonyl (C=O) groups excluding carboxylic acids is 1. The summed E-state index contributed by atoms with van der Waals surface area (Å²) in [5, 5.41) is 0. The molecule has 0 spiro atoms. The zero-order chi connectivity index (χ0) is 11.3. The highest BCUT2D eigenvalue weighted by atomic mass is 16.7. The molecule has 0 saturated heterocycles. The molecule has 4 heteroatoms. The van der Waals surface area contributed by atoms with Gasteiger partial charge in [-0.05, 0) is 27.2 Å². The molecule has 0 N–H and O–H groups in total. The number of esters is 1. The molecule has 1 fully saturated rings. The van der Waals surface area contributed by atoms with Crippen LogP contribution in [0.2, 0.25) is 0 Å². The topological polar surface area (TPSA) is 44.8 Å². The Hall–Kier alpha value is -0.610. The van der Waals surface area contributed by atoms with E-state index in [0.717, 1.165) is 6.42 Å². The lowest BCUT2D eigenvalue weighted by molar-refractivity contribution is -0.160. The van der Waals surface area contributed by atoms with Crippen molar-refractivity contribution in [2.24, 2.45) is 11.8 Å². The van der Waals surface area contributed by atoms with Gasteiger partial charge in [-0.25, -0.2) is 0 Å². The van der Waals surface area contributed by atoms with Crippen molar-refractivity contribution in [3.8, 4) is 0 Å². The van der Waals surface area contributed by atoms with Crippen LogP contribution in [0, 0.1) is 11.8 Å². The predicted octanol–water partition coefficient (Wildman–Crippen LogP) is 1.58. The fraction of sp³-hybridized carbons (Fsp3) is 0.909. The lowest BCUT2D eigenvalue weighted by Gasteiger charge is -2.16. The van der Waals surface area contributed by atoms with Crippen molar-refractivity contribution < 1.29 is 19.0 Å². The molecule has 15 heavy (non-hydrogen) atoms. The number of hydrogen-bond donors (Lipinski definition) is 0. The summed E-state index contributed by atoms with van der Waals surface area (Å²) in [6.45, 7) is 7.32. The van der Waals surface area contributed by atoms with E-state index in [9.17, 15) is 4.79 Å². The van der Waals surface area contributed by atoms with E-state index in [1.165, 1.54) is 0 Å². The van der Waals surface area contributed by atoms with E-state index in [0.29, 0.717) is 19.8 Å². The summed E-state index contributed by atoms with van der Waals surface area (Å²) in [5.74, 6) is 0.0453. The van der Waals surface area contributed by atoms with Crippen LogP contribution in [0.1, 0.15) is 27.2 Å². The Kier molecular flexibility index (Phi) is 5.05. The third kappa shape index (κ3) is 3.47. The van der Waals surface area contributed by atoms with E-state index in [1.807, 2.05) is 20.8 Å². The van der Waals surface area contributed by atoms with Crippen molar-refractivity contribution in [3.63, 3.8) is 0 Å². The molecule has 1 saturated carbocycles. The first-order valence-corrected chi connectivity index (χ1v) is 5.64. The maximum Gasteiger partial charge on any atom is 0.309 e. The van der Waals surface area contributed by atoms with Crippen LogP contribution in [-0.4, -0.2) is 32.1 Å². The maximum absolute atomic E-state index is 11.4. The van der Waals surface area contributed by atoms with Crippen LogP contribution in [0.5, 0.6) is 0 Å². The quantitative estimate of drug-likeness (QED) is 0.479. The van der Waals surface area contributed by atoms with E-state index in [4.69, 9.17) is 14.2 Å². The summed E-state index contributed by atoms with van der Waals surface area (Å²) in [4.78, 5) is 11.4. The van der Waals surface area contributed by atoms with Gasteiger partial charge in [0.25, 0.3) is 0 Å². The average Bonchev–Trinajstić information content (AvgIpc) is 2.97. The smallest absolute Gasteiger partial charge is 0.309 e. The van der Waals surface area contributed by atoms with Crippen molar-refractivity contribution >= 4 is 5.97 Å². The first-order chi connectivity index (χ1) is 7.24. The Morgan fingerprint density at radius 1 is 1.20 bits per heavy atom. The highest BCUT2D eigenvalue weighted by Crippen LogP contribution is 2.43. The van der Waals surface area contributed by atoms with Crippen LogP contribution < -0.4 is 0 Å². The monoisotopic (exact) mass is 216 g/mol. The van der Waals surface area contributed by atoms with Crippen LogP contribution in [0.25, 0.3) is 0 Å². The highest BCUT2D eigenvalue weighted by Gasteiger charge is 2.49. The first kappa shape index (κ1) is 12.5. The summed E-state index contributed by atoms with van der Waals surface area (Å²) in [5.41, 5.74) is 0. The number of ether oxygens (including phenoxy) is 3. The molecular formula is C11H20O4. The van der Waals surface area contributed by atoms with E-state index >= 15 is 0 Å². The minimum absolute atomic E-state index is 0.0203. The molecule has 2 atom stereocenters. The molecule has 1 aliphatic carbocycles. The van der Waals surface area contributed by atoms with E-state index in [-0.39, 0.29) is 24.1 Å². The van der Waals surface area contributed by atoms with Gasteiger partial charge in [-0.3, -0.25) is 4.79 Å². The Bertz CT molecular complexity index is 199. The Morgan fingerprint density at radius 3 is 2.27 bits per heavy atom. The Balaban J connectivity index is 2.35. The van der Waals surface area contributed by atoms with Crippen molar-refractivity contribution in [1.82, 2.24) is 0 Å². The third-order valence-electron chi connectivity index (χ3n) is 2.44. The van der Waals surface area contributed by atoms with Crippen molar-refractivity contribution in [2.45, 2.75) is 33.5 Å². The molecule has 0 bridgehead atoms. The molecule has 0 radical (unpaired) electrons. The molecule has 0 heterocycles. The van der Waals surface area contributed by atoms with E-state index in [1.54, 1.807) is 0 Å². The standard InChI is InChI=1S/C11H20O4/c1-4-13-10(12)8-7-9(8)11(14-5-2)15-6-3/h8-9,11H,4-7H2,1-3H3/t8-,9+/m0/s1. The summed E-state index contributed by atoms with van der Waals surface area (Å²) in [6, 6.07) is 0. The molecule has 1 aliphatic rings. The van der Waals surface area contributed by atoms with Crippen LogP contribution in [0.3, 0.4) is 0 Å². The average molecular weight is 216 g/mol. The molecule has 0 amide bonds. The lowest BCUT2D eigenvalue weighted by Crippen LogP contribution is -2.22. The Labute approximate surface area is 90.9 Å². The normalized spacial score (nSPS) is 24.3. The van der Waals surface area contributed by atoms with Gasteiger partial charge in [0, 0.05) is 19.1 Å². The van der Waals surface area contributed by atoms with E-state index < -0.39 is 0 Å². The highest BCUT2D eigenvalue weighted by molar-refractivity contribution is 5.75. The van der Waals surface area contributed by atoms with Gasteiger partial charge < -0.3 is 14.2 Å². The van der Waals surface area contributed by atoms with Gasteiger partial charge >= 0.3 is 5.97 Å². The number of hydrogen-bond acceptors (Lipinski definition) is 4. The van der Waals surface area contributed by atoms with Gasteiger partial charge in [-0.1, -0.05) is 0 Å². The number of carbonyl (C=O) groups is 1. The predicted molar refractivity (Wildman–Crippen MR) is 55.3 cm³/mol. The van der Waals surface area contributed by atoms with Gasteiger partial charge in [0.05, 0.1) is 12.5 Å². The van der Waals surface area contributed by atoms with Gasteiger partial charge in [0.15, 0.2) is 6.29 Å². The third-order valence-corrected chi connectivity index (χ3v) is 2.44. The van der Waals surface area contributed by atoms with Crippen molar-refractivity contribution in [3.05, 3.63) is 0 Å². The summed E-state index contributed by atoms with van der Waals surface area (Å²) >= 11 is 0. The van der Waals surface area contributed by atoms with Gasteiger partial charge in [-0.2, -0.15) is 0 Å². The minimum Gasteiger partial charge on any atom is -0.466 e. The summed E-state index contributed by atoms with van der Waals surface area (Å²) in [6.07, 6.45) is 0.582. The minimum atomic E-state index is -0.241. The van der Waals surface area contributed by atoms with Crippen LogP contribution in [0.15, 0.2) is 0 Å². The molecule has 88 valence electrons. The molecule has 1 rings (SSSR count). The summed E-state index contributed by atoms with van der Waals surface area (Å²) < 4.78 is 15.8. The first-order valence-electron chi connectivity index (χ1n) is 5.64. The zero-order valence-electron chi connectivity index (χ0n) is 9.69. The van der Waals surface area contributed by atoms with Gasteiger partial charge in [0.2, 0.25) is 0 Å². The SMILES string of the molecule is CCOC(=O)[C@H]1C[C@H]1C(OCC)OCC. The van der Waals surface area contributed by atoms with Gasteiger partial charge in [0.1, 0.15) is 0 Å². The second-order valence-electron chi connectivity index (χ2n) is 3.54. The Morgan fingerprint density at radius 2 is 1.80 bits per heavy atom. The summed E-state index contributed by atoms with van der Waals surface area (Å²) in [7, 11) is 0.